The second kappa shape index (κ2) is 8.28. The van der Waals surface area contributed by atoms with E-state index in [0.29, 0.717) is 21.8 Å². The van der Waals surface area contributed by atoms with Crippen LogP contribution in [0, 0.1) is 0 Å². The minimum absolute atomic E-state index is 0.0511. The number of nitrogens with zero attached hydrogens (tertiary/aromatic N) is 2. The van der Waals surface area contributed by atoms with Crippen molar-refractivity contribution in [3.05, 3.63) is 101 Å². The topological polar surface area (TPSA) is 60.9 Å². The molecule has 31 heavy (non-hydrogen) atoms. The Morgan fingerprint density at radius 2 is 1.52 bits per heavy atom. The van der Waals surface area contributed by atoms with Gasteiger partial charge in [-0.2, -0.15) is 0 Å². The molecule has 0 unspecified atom stereocenters. The third-order valence-corrected chi connectivity index (χ3v) is 5.57. The lowest BCUT2D eigenvalue weighted by molar-refractivity contribution is -0.132. The SMILES string of the molecule is CN(C)c1ccc(N2C(=O)C(=O)C(=C(O)c3ccccc3)[C@@H]2c2ccc(Cl)cc2)cc1. The van der Waals surface area contributed by atoms with E-state index in [2.05, 4.69) is 0 Å². The van der Waals surface area contributed by atoms with Crippen LogP contribution in [0.4, 0.5) is 11.4 Å². The van der Waals surface area contributed by atoms with E-state index < -0.39 is 17.7 Å². The van der Waals surface area contributed by atoms with Crippen LogP contribution in [0.15, 0.2) is 84.4 Å². The van der Waals surface area contributed by atoms with Crippen LogP contribution in [-0.2, 0) is 9.59 Å². The summed E-state index contributed by atoms with van der Waals surface area (Å²) in [7, 11) is 3.85. The molecule has 0 saturated carbocycles. The summed E-state index contributed by atoms with van der Waals surface area (Å²) in [4.78, 5) is 29.6. The van der Waals surface area contributed by atoms with Crippen LogP contribution in [0.25, 0.3) is 5.76 Å². The Morgan fingerprint density at radius 3 is 2.10 bits per heavy atom. The minimum atomic E-state index is -0.775. The quantitative estimate of drug-likeness (QED) is 0.357. The highest BCUT2D eigenvalue weighted by atomic mass is 35.5. The van der Waals surface area contributed by atoms with Crippen LogP contribution in [0.2, 0.25) is 5.02 Å². The van der Waals surface area contributed by atoms with E-state index in [4.69, 9.17) is 11.6 Å². The molecule has 1 aliphatic heterocycles. The largest absolute Gasteiger partial charge is 0.507 e. The number of halogens is 1. The van der Waals surface area contributed by atoms with Gasteiger partial charge in [0.2, 0.25) is 0 Å². The second-order valence-corrected chi connectivity index (χ2v) is 7.93. The summed E-state index contributed by atoms with van der Waals surface area (Å²) < 4.78 is 0. The average Bonchev–Trinajstić information content (AvgIpc) is 3.05. The summed E-state index contributed by atoms with van der Waals surface area (Å²) in [6.45, 7) is 0. The summed E-state index contributed by atoms with van der Waals surface area (Å²) in [5.41, 5.74) is 2.74. The smallest absolute Gasteiger partial charge is 0.300 e. The van der Waals surface area contributed by atoms with Crippen LogP contribution in [0.3, 0.4) is 0 Å². The van der Waals surface area contributed by atoms with Crippen molar-refractivity contribution in [1.82, 2.24) is 0 Å². The molecule has 0 spiro atoms. The Kier molecular flexibility index (Phi) is 5.53. The third kappa shape index (κ3) is 3.80. The molecule has 1 amide bonds. The van der Waals surface area contributed by atoms with Crippen molar-refractivity contribution in [2.45, 2.75) is 6.04 Å². The highest BCUT2D eigenvalue weighted by Crippen LogP contribution is 2.42. The van der Waals surface area contributed by atoms with E-state index in [1.165, 1.54) is 4.90 Å². The maximum atomic E-state index is 13.1. The molecule has 0 aromatic heterocycles. The van der Waals surface area contributed by atoms with Gasteiger partial charge >= 0.3 is 0 Å². The summed E-state index contributed by atoms with van der Waals surface area (Å²) in [6, 6.07) is 22.3. The first-order valence-electron chi connectivity index (χ1n) is 9.78. The molecule has 3 aromatic carbocycles. The number of aliphatic hydroxyl groups is 1. The molecule has 1 atom stereocenters. The minimum Gasteiger partial charge on any atom is -0.507 e. The fraction of sp³-hybridized carbons (Fsp3) is 0.120. The maximum absolute atomic E-state index is 13.1. The summed E-state index contributed by atoms with van der Waals surface area (Å²) >= 11 is 6.06. The summed E-state index contributed by atoms with van der Waals surface area (Å²) in [6.07, 6.45) is 0. The molecule has 5 nitrogen and oxygen atoms in total. The molecule has 1 saturated heterocycles. The predicted molar refractivity (Wildman–Crippen MR) is 123 cm³/mol. The van der Waals surface area contributed by atoms with Crippen molar-refractivity contribution in [1.29, 1.82) is 0 Å². The highest BCUT2D eigenvalue weighted by Gasteiger charge is 2.46. The first-order chi connectivity index (χ1) is 14.9. The fourth-order valence-electron chi connectivity index (χ4n) is 3.72. The van der Waals surface area contributed by atoms with Gasteiger partial charge in [0.1, 0.15) is 5.76 Å². The zero-order valence-corrected chi connectivity index (χ0v) is 17.9. The van der Waals surface area contributed by atoms with Gasteiger partial charge in [0.25, 0.3) is 11.7 Å². The van der Waals surface area contributed by atoms with Crippen molar-refractivity contribution in [2.75, 3.05) is 23.9 Å². The molecule has 4 rings (SSSR count). The van der Waals surface area contributed by atoms with Gasteiger partial charge in [-0.15, -0.1) is 0 Å². The number of Topliss-reactive ketones (excluding diaryl/α,β-unsaturated/α-hetero) is 1. The van der Waals surface area contributed by atoms with Crippen molar-refractivity contribution >= 4 is 40.4 Å². The standard InChI is InChI=1S/C25H21ClN2O3/c1-27(2)19-12-14-20(15-13-19)28-22(16-8-10-18(26)11-9-16)21(24(30)25(28)31)23(29)17-6-4-3-5-7-17/h3-15,22,29H,1-2H3/t22-/m0/s1. The number of ketones is 1. The van der Waals surface area contributed by atoms with E-state index in [1.807, 2.05) is 37.2 Å². The normalized spacial score (nSPS) is 17.8. The maximum Gasteiger partial charge on any atom is 0.300 e. The van der Waals surface area contributed by atoms with Gasteiger partial charge in [0, 0.05) is 36.1 Å². The molecule has 0 aliphatic carbocycles. The summed E-state index contributed by atoms with van der Waals surface area (Å²) in [5.74, 6) is -1.61. The molecule has 0 radical (unpaired) electrons. The summed E-state index contributed by atoms with van der Waals surface area (Å²) in [5, 5.41) is 11.6. The lowest BCUT2D eigenvalue weighted by Gasteiger charge is -2.26. The van der Waals surface area contributed by atoms with Crippen LogP contribution in [0.1, 0.15) is 17.2 Å². The van der Waals surface area contributed by atoms with Gasteiger partial charge in [-0.3, -0.25) is 14.5 Å². The zero-order chi connectivity index (χ0) is 22.1. The van der Waals surface area contributed by atoms with E-state index in [1.54, 1.807) is 60.7 Å². The van der Waals surface area contributed by atoms with Gasteiger partial charge in [-0.25, -0.2) is 0 Å². The van der Waals surface area contributed by atoms with Gasteiger partial charge in [0.05, 0.1) is 11.6 Å². The van der Waals surface area contributed by atoms with Crippen molar-refractivity contribution in [3.63, 3.8) is 0 Å². The van der Waals surface area contributed by atoms with Crippen LogP contribution in [-0.4, -0.2) is 30.9 Å². The molecule has 6 heteroatoms. The Morgan fingerprint density at radius 1 is 0.903 bits per heavy atom. The molecule has 1 heterocycles. The average molecular weight is 433 g/mol. The van der Waals surface area contributed by atoms with E-state index in [-0.39, 0.29) is 11.3 Å². The van der Waals surface area contributed by atoms with Crippen LogP contribution < -0.4 is 9.80 Å². The van der Waals surface area contributed by atoms with E-state index in [9.17, 15) is 14.7 Å². The number of anilines is 2. The van der Waals surface area contributed by atoms with Crippen molar-refractivity contribution in [2.24, 2.45) is 0 Å². The Balaban J connectivity index is 1.90. The number of aliphatic hydroxyl groups excluding tert-OH is 1. The van der Waals surface area contributed by atoms with Crippen molar-refractivity contribution < 1.29 is 14.7 Å². The zero-order valence-electron chi connectivity index (χ0n) is 17.1. The molecule has 3 aromatic rings. The molecule has 0 bridgehead atoms. The fourth-order valence-corrected chi connectivity index (χ4v) is 3.85. The molecule has 1 fully saturated rings. The third-order valence-electron chi connectivity index (χ3n) is 5.32. The number of benzene rings is 3. The van der Waals surface area contributed by atoms with Crippen molar-refractivity contribution in [3.8, 4) is 0 Å². The number of hydrogen-bond donors (Lipinski definition) is 1. The molecule has 1 aliphatic rings. The molecule has 156 valence electrons. The first kappa shape index (κ1) is 20.7. The van der Waals surface area contributed by atoms with E-state index >= 15 is 0 Å². The molecular formula is C25H21ClN2O3. The van der Waals surface area contributed by atoms with Crippen LogP contribution in [0.5, 0.6) is 0 Å². The Hall–Kier alpha value is -3.57. The first-order valence-corrected chi connectivity index (χ1v) is 10.2. The monoisotopic (exact) mass is 432 g/mol. The Bertz CT molecular complexity index is 1150. The lowest BCUT2D eigenvalue weighted by atomic mass is 9.95. The number of rotatable bonds is 4. The van der Waals surface area contributed by atoms with Gasteiger partial charge in [0.15, 0.2) is 0 Å². The van der Waals surface area contributed by atoms with Gasteiger partial charge in [-0.05, 0) is 42.0 Å². The van der Waals surface area contributed by atoms with Gasteiger partial charge < -0.3 is 10.0 Å². The second-order valence-electron chi connectivity index (χ2n) is 7.50. The van der Waals surface area contributed by atoms with E-state index in [0.717, 1.165) is 5.69 Å². The lowest BCUT2D eigenvalue weighted by Crippen LogP contribution is -2.29. The molecule has 1 N–H and O–H groups in total. The predicted octanol–water partition coefficient (Wildman–Crippen LogP) is 5.03. The van der Waals surface area contributed by atoms with Gasteiger partial charge in [-0.1, -0.05) is 54.1 Å². The number of carbonyl (C=O) groups excluding carboxylic acids is 2. The number of amides is 1. The Labute approximate surface area is 185 Å². The highest BCUT2D eigenvalue weighted by molar-refractivity contribution is 6.51. The number of hydrogen-bond acceptors (Lipinski definition) is 4. The number of carbonyl (C=O) groups is 2. The van der Waals surface area contributed by atoms with Crippen LogP contribution >= 0.6 is 11.6 Å². The molecular weight excluding hydrogens is 412 g/mol.